The van der Waals surface area contributed by atoms with Gasteiger partial charge in [0, 0.05) is 34.8 Å². The Balaban J connectivity index is 0.000000709. The first-order valence-electron chi connectivity index (χ1n) is 14.7. The molecule has 253 valence electrons. The van der Waals surface area contributed by atoms with Crippen LogP contribution in [0.25, 0.3) is 11.1 Å². The molecule has 0 unspecified atom stereocenters. The molecule has 0 bridgehead atoms. The normalized spacial score (nSPS) is 11.0. The van der Waals surface area contributed by atoms with Crippen molar-refractivity contribution in [3.05, 3.63) is 111 Å². The van der Waals surface area contributed by atoms with Crippen molar-refractivity contribution in [2.75, 3.05) is 14.2 Å². The SMILES string of the molecule is C.COC(=O)C[C@@H](C)c1cncc(-c2c(C)cccc2C)c1.COC(=O)C[C@@H](C)c1cncc(Br)c1.Cc1cccc(C)c1[B]O.O. The Morgan fingerprint density at radius 3 is 1.60 bits per heavy atom. The van der Waals surface area contributed by atoms with E-state index in [9.17, 15) is 9.59 Å². The summed E-state index contributed by atoms with van der Waals surface area (Å²) in [5.41, 5.74) is 10.0. The molecule has 1 radical (unpaired) electrons. The minimum absolute atomic E-state index is 0. The zero-order valence-corrected chi connectivity index (χ0v) is 29.5. The first-order valence-corrected chi connectivity index (χ1v) is 15.5. The molecule has 8 nitrogen and oxygen atoms in total. The average molecular weight is 709 g/mol. The van der Waals surface area contributed by atoms with Crippen LogP contribution in [0.3, 0.4) is 0 Å². The van der Waals surface area contributed by atoms with Crippen LogP contribution in [0.1, 0.15) is 79.3 Å². The smallest absolute Gasteiger partial charge is 0.327 e. The highest BCUT2D eigenvalue weighted by atomic mass is 79.9. The maximum absolute atomic E-state index is 11.4. The van der Waals surface area contributed by atoms with Gasteiger partial charge in [0.15, 0.2) is 0 Å². The Morgan fingerprint density at radius 2 is 1.19 bits per heavy atom. The highest BCUT2D eigenvalue weighted by molar-refractivity contribution is 9.10. The molecule has 0 amide bonds. The number of ether oxygens (including phenoxy) is 2. The molecule has 0 spiro atoms. The Labute approximate surface area is 289 Å². The fourth-order valence-electron chi connectivity index (χ4n) is 4.76. The summed E-state index contributed by atoms with van der Waals surface area (Å²) < 4.78 is 10.3. The van der Waals surface area contributed by atoms with Crippen LogP contribution in [0.4, 0.5) is 0 Å². The molecule has 0 saturated heterocycles. The molecule has 2 aromatic heterocycles. The third-order valence-corrected chi connectivity index (χ3v) is 7.90. The van der Waals surface area contributed by atoms with Crippen LogP contribution in [0.2, 0.25) is 0 Å². The van der Waals surface area contributed by atoms with E-state index >= 15 is 0 Å². The number of hydrogen-bond donors (Lipinski definition) is 1. The molecule has 2 atom stereocenters. The minimum atomic E-state index is -0.197. The van der Waals surface area contributed by atoms with E-state index in [4.69, 9.17) is 9.76 Å². The Morgan fingerprint density at radius 1 is 0.766 bits per heavy atom. The number of rotatable bonds is 8. The summed E-state index contributed by atoms with van der Waals surface area (Å²) in [5, 5.41) is 8.77. The first-order chi connectivity index (χ1) is 21.4. The van der Waals surface area contributed by atoms with E-state index in [0.29, 0.717) is 12.8 Å². The lowest BCUT2D eigenvalue weighted by Gasteiger charge is -2.14. The molecule has 47 heavy (non-hydrogen) atoms. The van der Waals surface area contributed by atoms with Gasteiger partial charge < -0.3 is 20.0 Å². The van der Waals surface area contributed by atoms with Gasteiger partial charge in [0.1, 0.15) is 0 Å². The van der Waals surface area contributed by atoms with E-state index in [0.717, 1.165) is 45.2 Å². The maximum Gasteiger partial charge on any atom is 0.327 e. The van der Waals surface area contributed by atoms with Gasteiger partial charge in [-0.15, -0.1) is 0 Å². The lowest BCUT2D eigenvalue weighted by Crippen LogP contribution is -2.19. The van der Waals surface area contributed by atoms with Crippen molar-refractivity contribution in [2.45, 2.75) is 73.6 Å². The van der Waals surface area contributed by atoms with Gasteiger partial charge in [0.25, 0.3) is 0 Å². The second-order valence-electron chi connectivity index (χ2n) is 11.0. The summed E-state index contributed by atoms with van der Waals surface area (Å²) in [6.45, 7) is 12.2. The molecule has 0 aliphatic heterocycles. The van der Waals surface area contributed by atoms with Crippen molar-refractivity contribution in [3.63, 3.8) is 0 Å². The molecule has 2 heterocycles. The third kappa shape index (κ3) is 13.8. The Kier molecular flexibility index (Phi) is 20.1. The van der Waals surface area contributed by atoms with Crippen molar-refractivity contribution in [1.29, 1.82) is 0 Å². The van der Waals surface area contributed by atoms with Gasteiger partial charge >= 0.3 is 19.4 Å². The number of aryl methyl sites for hydroxylation is 4. The van der Waals surface area contributed by atoms with E-state index in [1.807, 2.05) is 64.4 Å². The van der Waals surface area contributed by atoms with Crippen molar-refractivity contribution < 1.29 is 29.6 Å². The largest absolute Gasteiger partial charge is 0.469 e. The van der Waals surface area contributed by atoms with Gasteiger partial charge in [0.2, 0.25) is 0 Å². The molecule has 0 aliphatic rings. The number of benzene rings is 2. The van der Waals surface area contributed by atoms with Gasteiger partial charge in [-0.3, -0.25) is 19.6 Å². The second kappa shape index (κ2) is 21.8. The molecular weight excluding hydrogens is 659 g/mol. The molecular formula is C37H49BBrN2O6. The van der Waals surface area contributed by atoms with Crippen molar-refractivity contribution in [3.8, 4) is 11.1 Å². The molecule has 10 heteroatoms. The summed E-state index contributed by atoms with van der Waals surface area (Å²) >= 11 is 3.34. The van der Waals surface area contributed by atoms with E-state index < -0.39 is 0 Å². The van der Waals surface area contributed by atoms with Crippen LogP contribution in [0.15, 0.2) is 77.8 Å². The van der Waals surface area contributed by atoms with Gasteiger partial charge in [-0.05, 0) is 101 Å². The van der Waals surface area contributed by atoms with E-state index in [-0.39, 0.29) is 36.7 Å². The average Bonchev–Trinajstić information content (AvgIpc) is 3.01. The van der Waals surface area contributed by atoms with E-state index in [2.05, 4.69) is 68.7 Å². The van der Waals surface area contributed by atoms with Crippen LogP contribution in [-0.2, 0) is 19.1 Å². The zero-order valence-electron chi connectivity index (χ0n) is 27.9. The monoisotopic (exact) mass is 707 g/mol. The number of carbonyl (C=O) groups excluding carboxylic acids is 2. The molecule has 4 rings (SSSR count). The number of pyridine rings is 2. The van der Waals surface area contributed by atoms with Crippen molar-refractivity contribution >= 4 is 40.8 Å². The van der Waals surface area contributed by atoms with Crippen LogP contribution in [0.5, 0.6) is 0 Å². The van der Waals surface area contributed by atoms with Crippen LogP contribution < -0.4 is 5.46 Å². The summed E-state index contributed by atoms with van der Waals surface area (Å²) in [6, 6.07) is 16.3. The summed E-state index contributed by atoms with van der Waals surface area (Å²) in [6.07, 6.45) is 7.93. The molecule has 2 aromatic carbocycles. The summed E-state index contributed by atoms with van der Waals surface area (Å²) in [4.78, 5) is 30.8. The number of methoxy groups -OCH3 is 2. The van der Waals surface area contributed by atoms with Crippen molar-refractivity contribution in [2.24, 2.45) is 0 Å². The lowest BCUT2D eigenvalue weighted by molar-refractivity contribution is -0.141. The molecule has 0 aliphatic carbocycles. The number of carbonyl (C=O) groups is 2. The first kappa shape index (κ1) is 43.1. The maximum atomic E-state index is 11.4. The molecule has 0 fully saturated rings. The molecule has 0 saturated carbocycles. The predicted molar refractivity (Wildman–Crippen MR) is 195 cm³/mol. The fraction of sp³-hybridized carbons (Fsp3) is 0.351. The summed E-state index contributed by atoms with van der Waals surface area (Å²) in [5.74, 6) is -0.167. The van der Waals surface area contributed by atoms with Gasteiger partial charge in [0.05, 0.1) is 27.1 Å². The van der Waals surface area contributed by atoms with Crippen LogP contribution in [-0.4, -0.2) is 54.1 Å². The number of nitrogens with zero attached hydrogens (tertiary/aromatic N) is 2. The fourth-order valence-corrected chi connectivity index (χ4v) is 5.15. The Bertz CT molecular complexity index is 1530. The van der Waals surface area contributed by atoms with Crippen LogP contribution >= 0.6 is 15.9 Å². The van der Waals surface area contributed by atoms with Crippen molar-refractivity contribution in [1.82, 2.24) is 9.97 Å². The second-order valence-corrected chi connectivity index (χ2v) is 11.9. The highest BCUT2D eigenvalue weighted by Crippen LogP contribution is 2.29. The zero-order chi connectivity index (χ0) is 33.5. The van der Waals surface area contributed by atoms with Crippen LogP contribution in [0, 0.1) is 27.7 Å². The highest BCUT2D eigenvalue weighted by Gasteiger charge is 2.14. The van der Waals surface area contributed by atoms with Gasteiger partial charge in [-0.2, -0.15) is 0 Å². The standard InChI is InChI=1S/C18H21NO2.C10H12BrNO2.C8H10BO.CH4.H2O/c1-12-6-5-7-13(2)18(12)16-9-15(10-19-11-16)14(3)8-17(20)21-4;1-7(3-10(13)14-2)8-4-9(11)6-12-5-8;1-6-4-3-5-7(2)8(6)9-10;;/h5-7,9-11,14H,8H2,1-4H3;4-7H,3H2,1-2H3;3-5,10H,1-2H3;1H4;1H2/t14-;7-;;;/m11.../s1. The predicted octanol–water partition coefficient (Wildman–Crippen LogP) is 6.89. The van der Waals surface area contributed by atoms with E-state index in [1.165, 1.54) is 30.9 Å². The number of aromatic nitrogens is 2. The third-order valence-electron chi connectivity index (χ3n) is 7.47. The number of halogens is 1. The van der Waals surface area contributed by atoms with Gasteiger partial charge in [-0.25, -0.2) is 0 Å². The quantitative estimate of drug-likeness (QED) is 0.156. The topological polar surface area (TPSA) is 130 Å². The van der Waals surface area contributed by atoms with E-state index in [1.54, 1.807) is 12.4 Å². The Hall–Kier alpha value is -3.86. The molecule has 4 aromatic rings. The number of esters is 2. The summed E-state index contributed by atoms with van der Waals surface area (Å²) in [7, 11) is 3.97. The lowest BCUT2D eigenvalue weighted by atomic mass is 9.81. The van der Waals surface area contributed by atoms with Gasteiger partial charge in [-0.1, -0.05) is 68.8 Å². The minimum Gasteiger partial charge on any atom is -0.469 e. The number of hydrogen-bond acceptors (Lipinski definition) is 7. The molecule has 3 N–H and O–H groups in total.